The number of ether oxygens (including phenoxy) is 1. The van der Waals surface area contributed by atoms with Gasteiger partial charge < -0.3 is 9.64 Å². The number of benzene rings is 1. The standard InChI is InChI=1S/C13H16N4OS/c1-10-14-15-13(19)17(10)12-4-2-11(3-5-12)16-6-8-18-9-7-16/h2-5H,6-9H2,1H3,(H,15,19). The van der Waals surface area contributed by atoms with Crippen LogP contribution in [0.25, 0.3) is 5.69 Å². The second kappa shape index (κ2) is 5.14. The maximum atomic E-state index is 5.36. The number of hydrogen-bond acceptors (Lipinski definition) is 4. The topological polar surface area (TPSA) is 46.1 Å². The van der Waals surface area contributed by atoms with Crippen LogP contribution in [0.5, 0.6) is 0 Å². The van der Waals surface area contributed by atoms with Crippen LogP contribution < -0.4 is 4.90 Å². The number of aryl methyl sites for hydroxylation is 1. The molecule has 0 atom stereocenters. The number of nitrogens with one attached hydrogen (secondary N) is 1. The summed E-state index contributed by atoms with van der Waals surface area (Å²) in [5.41, 5.74) is 2.26. The van der Waals surface area contributed by atoms with Gasteiger partial charge >= 0.3 is 0 Å². The van der Waals surface area contributed by atoms with Gasteiger partial charge in [0.05, 0.1) is 13.2 Å². The Morgan fingerprint density at radius 2 is 1.79 bits per heavy atom. The molecule has 0 amide bonds. The molecule has 1 N–H and O–H groups in total. The summed E-state index contributed by atoms with van der Waals surface area (Å²) < 4.78 is 7.91. The largest absolute Gasteiger partial charge is 0.378 e. The minimum atomic E-state index is 0.622. The molecule has 0 aliphatic carbocycles. The zero-order chi connectivity index (χ0) is 13.2. The first kappa shape index (κ1) is 12.4. The molecule has 0 bridgehead atoms. The minimum Gasteiger partial charge on any atom is -0.378 e. The van der Waals surface area contributed by atoms with E-state index in [1.807, 2.05) is 11.5 Å². The van der Waals surface area contributed by atoms with E-state index in [0.717, 1.165) is 37.8 Å². The van der Waals surface area contributed by atoms with E-state index in [1.54, 1.807) is 0 Å². The number of aromatic amines is 1. The quantitative estimate of drug-likeness (QED) is 0.853. The third kappa shape index (κ3) is 2.41. The predicted octanol–water partition coefficient (Wildman–Crippen LogP) is 2.07. The summed E-state index contributed by atoms with van der Waals surface area (Å²) >= 11 is 5.23. The number of hydrogen-bond donors (Lipinski definition) is 1. The van der Waals surface area contributed by atoms with Gasteiger partial charge in [0.15, 0.2) is 4.77 Å². The van der Waals surface area contributed by atoms with Gasteiger partial charge in [0.2, 0.25) is 0 Å². The van der Waals surface area contributed by atoms with E-state index < -0.39 is 0 Å². The third-order valence-corrected chi connectivity index (χ3v) is 3.60. The lowest BCUT2D eigenvalue weighted by Crippen LogP contribution is -2.36. The SMILES string of the molecule is Cc1n[nH]c(=S)n1-c1ccc(N2CCOCC2)cc1. The van der Waals surface area contributed by atoms with Crippen LogP contribution in [0, 0.1) is 11.7 Å². The fourth-order valence-electron chi connectivity index (χ4n) is 2.31. The van der Waals surface area contributed by atoms with Crippen LogP contribution in [0.1, 0.15) is 5.82 Å². The molecule has 19 heavy (non-hydrogen) atoms. The molecule has 100 valence electrons. The highest BCUT2D eigenvalue weighted by atomic mass is 32.1. The van der Waals surface area contributed by atoms with Crippen molar-refractivity contribution in [3.63, 3.8) is 0 Å². The zero-order valence-electron chi connectivity index (χ0n) is 10.8. The Balaban J connectivity index is 1.88. The highest BCUT2D eigenvalue weighted by molar-refractivity contribution is 7.71. The van der Waals surface area contributed by atoms with E-state index in [0.29, 0.717) is 4.77 Å². The molecule has 2 heterocycles. The molecule has 6 heteroatoms. The van der Waals surface area contributed by atoms with Crippen molar-refractivity contribution in [1.29, 1.82) is 0 Å². The van der Waals surface area contributed by atoms with Crippen LogP contribution in [0.4, 0.5) is 5.69 Å². The maximum absolute atomic E-state index is 5.36. The number of H-pyrrole nitrogens is 1. The molecule has 0 radical (unpaired) electrons. The number of nitrogens with zero attached hydrogens (tertiary/aromatic N) is 3. The van der Waals surface area contributed by atoms with Crippen molar-refractivity contribution in [2.24, 2.45) is 0 Å². The van der Waals surface area contributed by atoms with Crippen LogP contribution >= 0.6 is 12.2 Å². The van der Waals surface area contributed by atoms with Gasteiger partial charge in [-0.3, -0.25) is 9.67 Å². The molecule has 1 aliphatic heterocycles. The molecule has 1 aromatic carbocycles. The first-order valence-corrected chi connectivity index (χ1v) is 6.74. The van der Waals surface area contributed by atoms with Gasteiger partial charge in [-0.25, -0.2) is 0 Å². The summed E-state index contributed by atoms with van der Waals surface area (Å²) in [4.78, 5) is 2.33. The lowest BCUT2D eigenvalue weighted by molar-refractivity contribution is 0.122. The number of anilines is 1. The monoisotopic (exact) mass is 276 g/mol. The van der Waals surface area contributed by atoms with Crippen LogP contribution in [-0.4, -0.2) is 41.1 Å². The summed E-state index contributed by atoms with van der Waals surface area (Å²) in [6.07, 6.45) is 0. The van der Waals surface area contributed by atoms with Crippen LogP contribution in [-0.2, 0) is 4.74 Å². The van der Waals surface area contributed by atoms with Crippen molar-refractivity contribution < 1.29 is 4.74 Å². The Labute approximate surface area is 116 Å². The second-order valence-corrected chi connectivity index (χ2v) is 4.91. The van der Waals surface area contributed by atoms with Gasteiger partial charge in [-0.2, -0.15) is 5.10 Å². The van der Waals surface area contributed by atoms with Gasteiger partial charge in [-0.1, -0.05) is 0 Å². The molecular weight excluding hydrogens is 260 g/mol. The molecular formula is C13H16N4OS. The van der Waals surface area contributed by atoms with Crippen molar-refractivity contribution in [3.8, 4) is 5.69 Å². The highest BCUT2D eigenvalue weighted by Gasteiger charge is 2.11. The molecule has 2 aromatic rings. The van der Waals surface area contributed by atoms with E-state index in [-0.39, 0.29) is 0 Å². The summed E-state index contributed by atoms with van der Waals surface area (Å²) in [5, 5.41) is 6.93. The van der Waals surface area contributed by atoms with E-state index >= 15 is 0 Å². The smallest absolute Gasteiger partial charge is 0.199 e. The molecule has 0 saturated carbocycles. The van der Waals surface area contributed by atoms with Gasteiger partial charge in [0, 0.05) is 24.5 Å². The van der Waals surface area contributed by atoms with Crippen molar-refractivity contribution in [2.45, 2.75) is 6.92 Å². The second-order valence-electron chi connectivity index (χ2n) is 4.53. The van der Waals surface area contributed by atoms with Gasteiger partial charge in [0.1, 0.15) is 5.82 Å². The van der Waals surface area contributed by atoms with Crippen molar-refractivity contribution in [2.75, 3.05) is 31.2 Å². The molecule has 1 fully saturated rings. The Bertz CT molecular complexity index is 610. The Morgan fingerprint density at radius 1 is 1.16 bits per heavy atom. The van der Waals surface area contributed by atoms with Crippen LogP contribution in [0.2, 0.25) is 0 Å². The maximum Gasteiger partial charge on any atom is 0.199 e. The molecule has 1 aromatic heterocycles. The van der Waals surface area contributed by atoms with E-state index in [1.165, 1.54) is 5.69 Å². The van der Waals surface area contributed by atoms with Crippen LogP contribution in [0.3, 0.4) is 0 Å². The summed E-state index contributed by atoms with van der Waals surface area (Å²) in [7, 11) is 0. The van der Waals surface area contributed by atoms with Crippen molar-refractivity contribution >= 4 is 17.9 Å². The average Bonchev–Trinajstić information content (AvgIpc) is 2.79. The highest BCUT2D eigenvalue weighted by Crippen LogP contribution is 2.19. The summed E-state index contributed by atoms with van der Waals surface area (Å²) in [6, 6.07) is 8.38. The Hall–Kier alpha value is -1.66. The molecule has 0 unspecified atom stereocenters. The van der Waals surface area contributed by atoms with Gasteiger partial charge in [0.25, 0.3) is 0 Å². The lowest BCUT2D eigenvalue weighted by atomic mass is 10.2. The fourth-order valence-corrected chi connectivity index (χ4v) is 2.60. The van der Waals surface area contributed by atoms with Crippen molar-refractivity contribution in [3.05, 3.63) is 34.9 Å². The first-order chi connectivity index (χ1) is 9.25. The van der Waals surface area contributed by atoms with E-state index in [2.05, 4.69) is 39.4 Å². The zero-order valence-corrected chi connectivity index (χ0v) is 11.6. The number of aromatic nitrogens is 3. The predicted molar refractivity (Wildman–Crippen MR) is 76.5 cm³/mol. The summed E-state index contributed by atoms with van der Waals surface area (Å²) in [5.74, 6) is 0.865. The Morgan fingerprint density at radius 3 is 2.37 bits per heavy atom. The summed E-state index contributed by atoms with van der Waals surface area (Å²) in [6.45, 7) is 5.43. The molecule has 3 rings (SSSR count). The first-order valence-electron chi connectivity index (χ1n) is 6.33. The normalized spacial score (nSPS) is 15.7. The number of morpholine rings is 1. The van der Waals surface area contributed by atoms with E-state index in [4.69, 9.17) is 17.0 Å². The lowest BCUT2D eigenvalue weighted by Gasteiger charge is -2.28. The fraction of sp³-hybridized carbons (Fsp3) is 0.385. The third-order valence-electron chi connectivity index (χ3n) is 3.32. The molecule has 5 nitrogen and oxygen atoms in total. The Kier molecular flexibility index (Phi) is 3.35. The average molecular weight is 276 g/mol. The minimum absolute atomic E-state index is 0.622. The van der Waals surface area contributed by atoms with Gasteiger partial charge in [-0.05, 0) is 43.4 Å². The van der Waals surface area contributed by atoms with Gasteiger partial charge in [-0.15, -0.1) is 0 Å². The van der Waals surface area contributed by atoms with Crippen LogP contribution in [0.15, 0.2) is 24.3 Å². The van der Waals surface area contributed by atoms with Crippen molar-refractivity contribution in [1.82, 2.24) is 14.8 Å². The molecule has 0 spiro atoms. The molecule has 1 saturated heterocycles. The number of rotatable bonds is 2. The van der Waals surface area contributed by atoms with E-state index in [9.17, 15) is 0 Å². The molecule has 1 aliphatic rings.